The van der Waals surface area contributed by atoms with Crippen LogP contribution in [0.15, 0.2) is 29.3 Å². The quantitative estimate of drug-likeness (QED) is 0.672. The van der Waals surface area contributed by atoms with Gasteiger partial charge in [0.15, 0.2) is 9.84 Å². The standard InChI is InChI=1S/C21H22N4O3S/c1-11-9-13(5-8-16(11)29(27,28)14-6-7-14)17-18-15(10-23-20(17)21(26)22-2)24-25-19(18)12-3-4-12/h5,8-10,12,14H,3-4,6-7H2,1-2H3,(H,22,26)(H,24,25). The van der Waals surface area contributed by atoms with Gasteiger partial charge in [0.1, 0.15) is 5.69 Å². The molecule has 0 unspecified atom stereocenters. The summed E-state index contributed by atoms with van der Waals surface area (Å²) in [7, 11) is -1.71. The lowest BCUT2D eigenvalue weighted by atomic mass is 9.96. The molecule has 1 aromatic carbocycles. The first kappa shape index (κ1) is 18.3. The van der Waals surface area contributed by atoms with Crippen LogP contribution < -0.4 is 5.32 Å². The molecule has 2 aliphatic rings. The fourth-order valence-electron chi connectivity index (χ4n) is 3.94. The number of aromatic nitrogens is 3. The zero-order valence-corrected chi connectivity index (χ0v) is 17.1. The molecular formula is C21H22N4O3S. The van der Waals surface area contributed by atoms with Crippen molar-refractivity contribution in [1.29, 1.82) is 0 Å². The zero-order valence-electron chi connectivity index (χ0n) is 16.3. The molecule has 8 heteroatoms. The van der Waals surface area contributed by atoms with E-state index >= 15 is 0 Å². The molecule has 0 bridgehead atoms. The summed E-state index contributed by atoms with van der Waals surface area (Å²) in [6.45, 7) is 1.81. The molecular weight excluding hydrogens is 388 g/mol. The van der Waals surface area contributed by atoms with Gasteiger partial charge in [-0.2, -0.15) is 5.10 Å². The lowest BCUT2D eigenvalue weighted by Gasteiger charge is -2.13. The Balaban J connectivity index is 1.74. The largest absolute Gasteiger partial charge is 0.354 e. The fraction of sp³-hybridized carbons (Fsp3) is 0.381. The minimum absolute atomic E-state index is 0.256. The van der Waals surface area contributed by atoms with Gasteiger partial charge in [0.2, 0.25) is 0 Å². The van der Waals surface area contributed by atoms with Crippen molar-refractivity contribution in [3.05, 3.63) is 41.3 Å². The first-order chi connectivity index (χ1) is 13.9. The number of aromatic amines is 1. The molecule has 0 aliphatic heterocycles. The van der Waals surface area contributed by atoms with Crippen molar-refractivity contribution in [3.8, 4) is 11.1 Å². The number of carbonyl (C=O) groups is 1. The predicted molar refractivity (Wildman–Crippen MR) is 110 cm³/mol. The average molecular weight is 410 g/mol. The van der Waals surface area contributed by atoms with Crippen molar-refractivity contribution in [3.63, 3.8) is 0 Å². The summed E-state index contributed by atoms with van der Waals surface area (Å²) in [4.78, 5) is 17.3. The summed E-state index contributed by atoms with van der Waals surface area (Å²) >= 11 is 0. The molecule has 5 rings (SSSR count). The van der Waals surface area contributed by atoms with Gasteiger partial charge in [0.25, 0.3) is 5.91 Å². The van der Waals surface area contributed by atoms with Gasteiger partial charge in [-0.05, 0) is 49.8 Å². The summed E-state index contributed by atoms with van der Waals surface area (Å²) < 4.78 is 25.4. The molecule has 0 radical (unpaired) electrons. The smallest absolute Gasteiger partial charge is 0.270 e. The van der Waals surface area contributed by atoms with Gasteiger partial charge in [0.05, 0.1) is 27.6 Å². The molecule has 0 spiro atoms. The van der Waals surface area contributed by atoms with Crippen molar-refractivity contribution in [2.24, 2.45) is 0 Å². The number of sulfone groups is 1. The van der Waals surface area contributed by atoms with Crippen LogP contribution in [0.4, 0.5) is 0 Å². The summed E-state index contributed by atoms with van der Waals surface area (Å²) in [5.41, 5.74) is 4.22. The number of aryl methyl sites for hydroxylation is 1. The maximum atomic E-state index is 12.7. The van der Waals surface area contributed by atoms with Gasteiger partial charge in [-0.3, -0.25) is 9.89 Å². The Morgan fingerprint density at radius 2 is 1.97 bits per heavy atom. The highest BCUT2D eigenvalue weighted by molar-refractivity contribution is 7.92. The molecule has 2 heterocycles. The van der Waals surface area contributed by atoms with Gasteiger partial charge in [-0.15, -0.1) is 0 Å². The Labute approximate surface area is 168 Å². The van der Waals surface area contributed by atoms with Crippen LogP contribution >= 0.6 is 0 Å². The van der Waals surface area contributed by atoms with E-state index in [0.717, 1.165) is 47.8 Å². The third-order valence-electron chi connectivity index (χ3n) is 5.77. The molecule has 2 aromatic heterocycles. The van der Waals surface area contributed by atoms with Gasteiger partial charge < -0.3 is 5.32 Å². The summed E-state index contributed by atoms with van der Waals surface area (Å²) in [5.74, 6) is 0.107. The minimum Gasteiger partial charge on any atom is -0.354 e. The number of nitrogens with zero attached hydrogens (tertiary/aromatic N) is 2. The van der Waals surface area contributed by atoms with Gasteiger partial charge >= 0.3 is 0 Å². The number of H-pyrrole nitrogens is 1. The first-order valence-corrected chi connectivity index (χ1v) is 11.4. The van der Waals surface area contributed by atoms with Crippen LogP contribution in [0.3, 0.4) is 0 Å². The maximum absolute atomic E-state index is 12.7. The predicted octanol–water partition coefficient (Wildman–Crippen LogP) is 3.11. The number of amides is 1. The maximum Gasteiger partial charge on any atom is 0.270 e. The number of benzene rings is 1. The van der Waals surface area contributed by atoms with Crippen molar-refractivity contribution in [2.75, 3.05) is 7.05 Å². The lowest BCUT2D eigenvalue weighted by Crippen LogP contribution is -2.20. The van der Waals surface area contributed by atoms with E-state index in [-0.39, 0.29) is 11.2 Å². The summed E-state index contributed by atoms with van der Waals surface area (Å²) in [5, 5.41) is 10.8. The van der Waals surface area contributed by atoms with Crippen molar-refractivity contribution in [2.45, 2.75) is 48.7 Å². The van der Waals surface area contributed by atoms with Crippen LogP contribution in [0.25, 0.3) is 22.0 Å². The lowest BCUT2D eigenvalue weighted by molar-refractivity contribution is 0.0959. The van der Waals surface area contributed by atoms with Crippen molar-refractivity contribution >= 4 is 26.6 Å². The van der Waals surface area contributed by atoms with Crippen LogP contribution in [0, 0.1) is 6.92 Å². The Bertz CT molecular complexity index is 1250. The minimum atomic E-state index is -3.28. The fourth-order valence-corrected chi connectivity index (χ4v) is 5.83. The molecule has 0 atom stereocenters. The molecule has 2 fully saturated rings. The number of hydrogen-bond acceptors (Lipinski definition) is 5. The average Bonchev–Trinajstić information content (AvgIpc) is 3.63. The number of pyridine rings is 1. The van der Waals surface area contributed by atoms with Gasteiger partial charge in [0, 0.05) is 23.9 Å². The van der Waals surface area contributed by atoms with E-state index in [0.29, 0.717) is 27.6 Å². The molecule has 1 amide bonds. The normalized spacial score (nSPS) is 16.9. The van der Waals surface area contributed by atoms with Crippen molar-refractivity contribution in [1.82, 2.24) is 20.5 Å². The second-order valence-corrected chi connectivity index (χ2v) is 10.2. The Kier molecular flexibility index (Phi) is 4.03. The third kappa shape index (κ3) is 2.93. The van der Waals surface area contributed by atoms with E-state index in [1.807, 2.05) is 13.0 Å². The van der Waals surface area contributed by atoms with E-state index in [2.05, 4.69) is 20.5 Å². The summed E-state index contributed by atoms with van der Waals surface area (Å²) in [6, 6.07) is 5.30. The van der Waals surface area contributed by atoms with E-state index < -0.39 is 9.84 Å². The molecule has 7 nitrogen and oxygen atoms in total. The highest BCUT2D eigenvalue weighted by Crippen LogP contribution is 2.45. The number of fused-ring (bicyclic) bond motifs is 1. The van der Waals surface area contributed by atoms with E-state index in [4.69, 9.17) is 0 Å². The SMILES string of the molecule is CNC(=O)c1ncc2[nH]nc(C3CC3)c2c1-c1ccc(S(=O)(=O)C2CC2)c(C)c1. The molecule has 2 aliphatic carbocycles. The zero-order chi connectivity index (χ0) is 20.3. The van der Waals surface area contributed by atoms with E-state index in [9.17, 15) is 13.2 Å². The highest BCUT2D eigenvalue weighted by Gasteiger charge is 2.38. The van der Waals surface area contributed by atoms with Crippen LogP contribution in [-0.4, -0.2) is 41.8 Å². The Morgan fingerprint density at radius 1 is 1.21 bits per heavy atom. The summed E-state index contributed by atoms with van der Waals surface area (Å²) in [6.07, 6.45) is 5.25. The second-order valence-electron chi connectivity index (χ2n) is 7.96. The van der Waals surface area contributed by atoms with E-state index in [1.54, 1.807) is 25.4 Å². The molecule has 0 saturated heterocycles. The monoisotopic (exact) mass is 410 g/mol. The second kappa shape index (κ2) is 6.38. The van der Waals surface area contributed by atoms with Crippen LogP contribution in [0.5, 0.6) is 0 Å². The molecule has 3 aromatic rings. The third-order valence-corrected chi connectivity index (χ3v) is 8.19. The van der Waals surface area contributed by atoms with Crippen LogP contribution in [0.2, 0.25) is 0 Å². The number of rotatable bonds is 5. The van der Waals surface area contributed by atoms with Crippen LogP contribution in [-0.2, 0) is 9.84 Å². The van der Waals surface area contributed by atoms with E-state index in [1.165, 1.54) is 0 Å². The topological polar surface area (TPSA) is 105 Å². The highest BCUT2D eigenvalue weighted by atomic mass is 32.2. The molecule has 2 saturated carbocycles. The Morgan fingerprint density at radius 3 is 2.59 bits per heavy atom. The Hall–Kier alpha value is -2.74. The van der Waals surface area contributed by atoms with Gasteiger partial charge in [-0.1, -0.05) is 12.1 Å². The number of carbonyl (C=O) groups excluding carboxylic acids is 1. The molecule has 150 valence electrons. The van der Waals surface area contributed by atoms with Crippen LogP contribution in [0.1, 0.15) is 53.3 Å². The number of nitrogens with one attached hydrogen (secondary N) is 2. The van der Waals surface area contributed by atoms with Gasteiger partial charge in [-0.25, -0.2) is 13.4 Å². The number of hydrogen-bond donors (Lipinski definition) is 2. The molecule has 29 heavy (non-hydrogen) atoms. The first-order valence-electron chi connectivity index (χ1n) is 9.85. The molecule has 2 N–H and O–H groups in total. The van der Waals surface area contributed by atoms with Crippen molar-refractivity contribution < 1.29 is 13.2 Å².